The number of hydrogen-bond donors (Lipinski definition) is 0. The number of nitrogens with zero attached hydrogens (tertiary/aromatic N) is 4. The van der Waals surface area contributed by atoms with Crippen LogP contribution in [-0.2, 0) is 13.5 Å². The summed E-state index contributed by atoms with van der Waals surface area (Å²) in [6, 6.07) is 4.50. The molecule has 0 aliphatic carbocycles. The van der Waals surface area contributed by atoms with Gasteiger partial charge >= 0.3 is 11.4 Å². The van der Waals surface area contributed by atoms with E-state index in [0.29, 0.717) is 6.42 Å². The molecule has 0 amide bonds. The first-order valence-electron chi connectivity index (χ1n) is 6.48. The van der Waals surface area contributed by atoms with E-state index in [4.69, 9.17) is 4.74 Å². The summed E-state index contributed by atoms with van der Waals surface area (Å²) in [5.41, 5.74) is 0.397. The Morgan fingerprint density at radius 2 is 1.95 bits per heavy atom. The molecule has 116 valence electrons. The van der Waals surface area contributed by atoms with Crippen LogP contribution in [0.25, 0.3) is 0 Å². The smallest absolute Gasteiger partial charge is 0.353 e. The number of nitro benzene ring substituents is 1. The number of ether oxygens (including phenoxy) is 1. The van der Waals surface area contributed by atoms with Gasteiger partial charge in [-0.1, -0.05) is 13.0 Å². The van der Waals surface area contributed by atoms with Gasteiger partial charge in [0.15, 0.2) is 0 Å². The molecular formula is C13H14N4O5. The van der Waals surface area contributed by atoms with E-state index in [1.807, 2.05) is 6.92 Å². The average Bonchev–Trinajstić information content (AvgIpc) is 2.73. The monoisotopic (exact) mass is 306 g/mol. The lowest BCUT2D eigenvalue weighted by Gasteiger charge is -2.07. The Labute approximate surface area is 125 Å². The second-order valence-corrected chi connectivity index (χ2v) is 4.63. The van der Waals surface area contributed by atoms with Gasteiger partial charge in [0.25, 0.3) is 5.88 Å². The average molecular weight is 306 g/mol. The van der Waals surface area contributed by atoms with Crippen LogP contribution in [0.5, 0.6) is 11.6 Å². The Kier molecular flexibility index (Phi) is 4.06. The molecule has 0 bridgehead atoms. The topological polar surface area (TPSA) is 113 Å². The second kappa shape index (κ2) is 5.80. The molecular weight excluding hydrogens is 292 g/mol. The lowest BCUT2D eigenvalue weighted by Crippen LogP contribution is -2.00. The zero-order chi connectivity index (χ0) is 16.4. The maximum Gasteiger partial charge on any atom is 0.353 e. The minimum atomic E-state index is -0.621. The first kappa shape index (κ1) is 15.4. The van der Waals surface area contributed by atoms with Crippen LogP contribution >= 0.6 is 0 Å². The van der Waals surface area contributed by atoms with Crippen molar-refractivity contribution in [3.8, 4) is 11.6 Å². The van der Waals surface area contributed by atoms with Crippen molar-refractivity contribution in [3.63, 3.8) is 0 Å². The molecule has 22 heavy (non-hydrogen) atoms. The molecule has 0 aliphatic heterocycles. The van der Waals surface area contributed by atoms with Crippen LogP contribution in [0.15, 0.2) is 18.2 Å². The van der Waals surface area contributed by atoms with E-state index in [1.54, 1.807) is 6.07 Å². The van der Waals surface area contributed by atoms with E-state index in [9.17, 15) is 20.2 Å². The molecule has 0 aliphatic rings. The molecule has 9 nitrogen and oxygen atoms in total. The van der Waals surface area contributed by atoms with Crippen molar-refractivity contribution in [2.24, 2.45) is 7.05 Å². The molecule has 0 fully saturated rings. The Hall–Kier alpha value is -2.97. The third-order valence-corrected chi connectivity index (χ3v) is 3.16. The zero-order valence-corrected chi connectivity index (χ0v) is 12.3. The predicted octanol–water partition coefficient (Wildman–Crippen LogP) is 2.90. The molecule has 9 heteroatoms. The third kappa shape index (κ3) is 2.73. The molecule has 0 unspecified atom stereocenters. The summed E-state index contributed by atoms with van der Waals surface area (Å²) in [5.74, 6) is -0.205. The fraction of sp³-hybridized carbons (Fsp3) is 0.308. The van der Waals surface area contributed by atoms with E-state index in [0.717, 1.165) is 5.56 Å². The first-order valence-corrected chi connectivity index (χ1v) is 6.48. The molecule has 2 rings (SSSR count). The SMILES string of the molecule is CCc1ccc(Oc2c([N+](=O)[O-])c(C)nn2C)c([N+](=O)[O-])c1. The summed E-state index contributed by atoms with van der Waals surface area (Å²) in [6.45, 7) is 3.34. The highest BCUT2D eigenvalue weighted by Gasteiger charge is 2.28. The van der Waals surface area contributed by atoms with Crippen LogP contribution < -0.4 is 4.74 Å². The van der Waals surface area contributed by atoms with E-state index < -0.39 is 9.85 Å². The molecule has 0 radical (unpaired) electrons. The quantitative estimate of drug-likeness (QED) is 0.619. The van der Waals surface area contributed by atoms with E-state index in [2.05, 4.69) is 5.10 Å². The molecule has 0 saturated heterocycles. The van der Waals surface area contributed by atoms with Crippen molar-refractivity contribution in [1.29, 1.82) is 0 Å². The lowest BCUT2D eigenvalue weighted by molar-refractivity contribution is -0.387. The highest BCUT2D eigenvalue weighted by molar-refractivity contribution is 5.53. The van der Waals surface area contributed by atoms with Crippen LogP contribution in [-0.4, -0.2) is 19.6 Å². The highest BCUT2D eigenvalue weighted by atomic mass is 16.6. The van der Waals surface area contributed by atoms with E-state index in [-0.39, 0.29) is 28.7 Å². The highest BCUT2D eigenvalue weighted by Crippen LogP contribution is 2.37. The van der Waals surface area contributed by atoms with Gasteiger partial charge in [-0.05, 0) is 25.0 Å². The van der Waals surface area contributed by atoms with Crippen LogP contribution in [0.2, 0.25) is 0 Å². The van der Waals surface area contributed by atoms with Crippen molar-refractivity contribution >= 4 is 11.4 Å². The molecule has 1 aromatic heterocycles. The van der Waals surface area contributed by atoms with Gasteiger partial charge in [-0.15, -0.1) is 0 Å². The van der Waals surface area contributed by atoms with Gasteiger partial charge in [-0.25, -0.2) is 4.68 Å². The summed E-state index contributed by atoms with van der Waals surface area (Å²) in [5, 5.41) is 26.2. The van der Waals surface area contributed by atoms with E-state index in [1.165, 1.54) is 30.8 Å². The van der Waals surface area contributed by atoms with Crippen molar-refractivity contribution in [3.05, 3.63) is 49.7 Å². The van der Waals surface area contributed by atoms with Crippen LogP contribution in [0.1, 0.15) is 18.2 Å². The van der Waals surface area contributed by atoms with Gasteiger partial charge in [0.2, 0.25) is 5.75 Å². The van der Waals surface area contributed by atoms with Gasteiger partial charge in [0, 0.05) is 13.1 Å². The minimum Gasteiger partial charge on any atom is -0.426 e. The van der Waals surface area contributed by atoms with Gasteiger partial charge < -0.3 is 4.74 Å². The molecule has 0 N–H and O–H groups in total. The standard InChI is InChI=1S/C13H14N4O5/c1-4-9-5-6-11(10(7-9)16(18)19)22-13-12(17(20)21)8(2)14-15(13)3/h5-7H,4H2,1-3H3. The lowest BCUT2D eigenvalue weighted by atomic mass is 10.1. The van der Waals surface area contributed by atoms with Gasteiger partial charge in [0.05, 0.1) is 9.85 Å². The third-order valence-electron chi connectivity index (χ3n) is 3.16. The summed E-state index contributed by atoms with van der Waals surface area (Å²) in [7, 11) is 1.47. The number of aryl methyl sites for hydroxylation is 3. The Morgan fingerprint density at radius 1 is 1.27 bits per heavy atom. The summed E-state index contributed by atoms with van der Waals surface area (Å²) in [6.07, 6.45) is 0.631. The number of benzene rings is 1. The van der Waals surface area contributed by atoms with Gasteiger partial charge in [-0.2, -0.15) is 5.10 Å². The van der Waals surface area contributed by atoms with Crippen molar-refractivity contribution < 1.29 is 14.6 Å². The number of aromatic nitrogens is 2. The van der Waals surface area contributed by atoms with Crippen LogP contribution in [0.3, 0.4) is 0 Å². The number of rotatable bonds is 5. The molecule has 1 heterocycles. The van der Waals surface area contributed by atoms with Gasteiger partial charge in [-0.3, -0.25) is 20.2 Å². The Bertz CT molecular complexity index is 753. The van der Waals surface area contributed by atoms with Crippen LogP contribution in [0.4, 0.5) is 11.4 Å². The molecule has 1 aromatic carbocycles. The Morgan fingerprint density at radius 3 is 2.50 bits per heavy atom. The zero-order valence-electron chi connectivity index (χ0n) is 12.3. The normalized spacial score (nSPS) is 10.5. The van der Waals surface area contributed by atoms with Crippen molar-refractivity contribution in [2.45, 2.75) is 20.3 Å². The largest absolute Gasteiger partial charge is 0.426 e. The molecule has 2 aromatic rings. The first-order chi connectivity index (χ1) is 10.3. The number of nitro groups is 2. The van der Waals surface area contributed by atoms with Crippen molar-refractivity contribution in [2.75, 3.05) is 0 Å². The molecule has 0 atom stereocenters. The fourth-order valence-corrected chi connectivity index (χ4v) is 2.07. The van der Waals surface area contributed by atoms with E-state index >= 15 is 0 Å². The predicted molar refractivity (Wildman–Crippen MR) is 77.1 cm³/mol. The van der Waals surface area contributed by atoms with Crippen molar-refractivity contribution in [1.82, 2.24) is 9.78 Å². The summed E-state index contributed by atoms with van der Waals surface area (Å²) >= 11 is 0. The maximum atomic E-state index is 11.2. The van der Waals surface area contributed by atoms with Crippen LogP contribution in [0, 0.1) is 27.2 Å². The van der Waals surface area contributed by atoms with Gasteiger partial charge in [0.1, 0.15) is 5.69 Å². The minimum absolute atomic E-state index is 0.0618. The summed E-state index contributed by atoms with van der Waals surface area (Å²) < 4.78 is 6.62. The Balaban J connectivity index is 2.52. The molecule has 0 saturated carbocycles. The molecule has 0 spiro atoms. The fourth-order valence-electron chi connectivity index (χ4n) is 2.07. The maximum absolute atomic E-state index is 11.2. The number of hydrogen-bond acceptors (Lipinski definition) is 6. The summed E-state index contributed by atoms with van der Waals surface area (Å²) in [4.78, 5) is 21.1. The second-order valence-electron chi connectivity index (χ2n) is 4.63.